The summed E-state index contributed by atoms with van der Waals surface area (Å²) in [6.07, 6.45) is 2.94. The number of hydrogen-bond acceptors (Lipinski definition) is 6. The molecule has 8 nitrogen and oxygen atoms in total. The van der Waals surface area contributed by atoms with Crippen molar-refractivity contribution in [1.29, 1.82) is 5.26 Å². The van der Waals surface area contributed by atoms with Crippen LogP contribution < -0.4 is 10.1 Å². The van der Waals surface area contributed by atoms with Crippen LogP contribution in [0.4, 0.5) is 5.69 Å². The molecular formula is C25H29N3O5S. The van der Waals surface area contributed by atoms with Crippen LogP contribution in [0.3, 0.4) is 0 Å². The number of rotatable bonds is 7. The Balaban J connectivity index is 1.36. The first-order chi connectivity index (χ1) is 16.4. The normalized spacial score (nSPS) is 19.5. The second-order valence-electron chi connectivity index (χ2n) is 8.75. The molecule has 2 fully saturated rings. The summed E-state index contributed by atoms with van der Waals surface area (Å²) >= 11 is 0. The number of hydrogen-bond donors (Lipinski definition) is 1. The fourth-order valence-electron chi connectivity index (χ4n) is 4.25. The van der Waals surface area contributed by atoms with Crippen LogP contribution in [-0.4, -0.2) is 51.0 Å². The van der Waals surface area contributed by atoms with Crippen LogP contribution in [-0.2, 0) is 19.6 Å². The zero-order chi connectivity index (χ0) is 24.1. The van der Waals surface area contributed by atoms with E-state index < -0.39 is 10.0 Å². The molecule has 0 aromatic heterocycles. The third-order valence-corrected chi connectivity index (χ3v) is 8.20. The Hall–Kier alpha value is -2.93. The van der Waals surface area contributed by atoms with Gasteiger partial charge in [0.25, 0.3) is 0 Å². The lowest BCUT2D eigenvalue weighted by molar-refractivity contribution is -0.120. The lowest BCUT2D eigenvalue weighted by Gasteiger charge is -2.30. The lowest BCUT2D eigenvalue weighted by atomic mass is 9.97. The lowest BCUT2D eigenvalue weighted by Crippen LogP contribution is -2.41. The van der Waals surface area contributed by atoms with E-state index in [2.05, 4.69) is 5.32 Å². The first-order valence-electron chi connectivity index (χ1n) is 11.5. The molecule has 0 saturated carbocycles. The highest BCUT2D eigenvalue weighted by atomic mass is 32.2. The molecule has 1 N–H and O–H groups in total. The minimum absolute atomic E-state index is 0.0754. The zero-order valence-electron chi connectivity index (χ0n) is 19.2. The highest BCUT2D eigenvalue weighted by Gasteiger charge is 2.32. The molecule has 0 radical (unpaired) electrons. The van der Waals surface area contributed by atoms with Crippen LogP contribution in [0.1, 0.15) is 36.8 Å². The van der Waals surface area contributed by atoms with Gasteiger partial charge in [-0.15, -0.1) is 0 Å². The van der Waals surface area contributed by atoms with Gasteiger partial charge in [-0.1, -0.05) is 6.07 Å². The van der Waals surface area contributed by atoms with Gasteiger partial charge >= 0.3 is 0 Å². The van der Waals surface area contributed by atoms with Crippen molar-refractivity contribution in [2.24, 2.45) is 5.92 Å². The molecule has 1 amide bonds. The van der Waals surface area contributed by atoms with E-state index in [1.54, 1.807) is 0 Å². The van der Waals surface area contributed by atoms with Gasteiger partial charge in [0.15, 0.2) is 0 Å². The number of ether oxygens (including phenoxy) is 2. The average molecular weight is 484 g/mol. The molecular weight excluding hydrogens is 454 g/mol. The molecule has 9 heteroatoms. The fourth-order valence-corrected chi connectivity index (χ4v) is 5.72. The average Bonchev–Trinajstić information content (AvgIpc) is 3.38. The second-order valence-corrected chi connectivity index (χ2v) is 10.7. The van der Waals surface area contributed by atoms with Crippen molar-refractivity contribution in [3.8, 4) is 11.8 Å². The number of nitrogens with zero attached hydrogens (tertiary/aromatic N) is 2. The van der Waals surface area contributed by atoms with Gasteiger partial charge in [0.2, 0.25) is 15.9 Å². The van der Waals surface area contributed by atoms with Crippen LogP contribution in [0, 0.1) is 24.2 Å². The van der Waals surface area contributed by atoms with E-state index in [-0.39, 0.29) is 35.9 Å². The predicted molar refractivity (Wildman–Crippen MR) is 127 cm³/mol. The van der Waals surface area contributed by atoms with Crippen LogP contribution in [0.5, 0.6) is 5.75 Å². The first kappa shape index (κ1) is 24.2. The van der Waals surface area contributed by atoms with Gasteiger partial charge < -0.3 is 14.8 Å². The quantitative estimate of drug-likeness (QED) is 0.646. The number of nitrogens with one attached hydrogen (secondary N) is 1. The van der Waals surface area contributed by atoms with Gasteiger partial charge in [-0.25, -0.2) is 8.42 Å². The summed E-state index contributed by atoms with van der Waals surface area (Å²) in [6, 6.07) is 13.5. The molecule has 180 valence electrons. The highest BCUT2D eigenvalue weighted by Crippen LogP contribution is 2.30. The van der Waals surface area contributed by atoms with Crippen LogP contribution in [0.2, 0.25) is 0 Å². The third-order valence-electron chi connectivity index (χ3n) is 6.29. The number of anilines is 1. The number of piperidine rings is 1. The largest absolute Gasteiger partial charge is 0.489 e. The van der Waals surface area contributed by atoms with E-state index in [4.69, 9.17) is 14.7 Å². The number of benzene rings is 2. The Morgan fingerprint density at radius 2 is 1.91 bits per heavy atom. The molecule has 1 unspecified atom stereocenters. The maximum atomic E-state index is 13.0. The molecule has 34 heavy (non-hydrogen) atoms. The van der Waals surface area contributed by atoms with E-state index in [1.165, 1.54) is 28.6 Å². The van der Waals surface area contributed by atoms with Crippen molar-refractivity contribution in [3.63, 3.8) is 0 Å². The monoisotopic (exact) mass is 483 g/mol. The van der Waals surface area contributed by atoms with Gasteiger partial charge in [0, 0.05) is 25.6 Å². The van der Waals surface area contributed by atoms with Gasteiger partial charge in [-0.2, -0.15) is 9.57 Å². The van der Waals surface area contributed by atoms with Crippen molar-refractivity contribution >= 4 is 21.6 Å². The molecule has 2 aromatic carbocycles. The van der Waals surface area contributed by atoms with Crippen LogP contribution in [0.25, 0.3) is 0 Å². The summed E-state index contributed by atoms with van der Waals surface area (Å²) in [7, 11) is -3.66. The molecule has 2 aliphatic rings. The van der Waals surface area contributed by atoms with E-state index in [9.17, 15) is 13.2 Å². The Bertz CT molecular complexity index is 1160. The molecule has 0 bridgehead atoms. The summed E-state index contributed by atoms with van der Waals surface area (Å²) in [5.41, 5.74) is 2.05. The first-order valence-corrected chi connectivity index (χ1v) is 13.0. The Labute approximate surface area is 200 Å². The minimum Gasteiger partial charge on any atom is -0.489 e. The number of carbonyl (C=O) groups excluding carboxylic acids is 1. The third kappa shape index (κ3) is 5.58. The summed E-state index contributed by atoms with van der Waals surface area (Å²) < 4.78 is 38.8. The molecule has 2 aliphatic heterocycles. The predicted octanol–water partition coefficient (Wildman–Crippen LogP) is 3.46. The van der Waals surface area contributed by atoms with Crippen LogP contribution >= 0.6 is 0 Å². The van der Waals surface area contributed by atoms with E-state index in [1.807, 2.05) is 31.2 Å². The van der Waals surface area contributed by atoms with E-state index >= 15 is 0 Å². The number of sulfonamides is 1. The second kappa shape index (κ2) is 10.6. The van der Waals surface area contributed by atoms with Gasteiger partial charge in [0.05, 0.1) is 28.3 Å². The van der Waals surface area contributed by atoms with Crippen molar-refractivity contribution in [1.82, 2.24) is 4.31 Å². The Morgan fingerprint density at radius 3 is 2.56 bits per heavy atom. The highest BCUT2D eigenvalue weighted by molar-refractivity contribution is 7.89. The number of aryl methyl sites for hydroxylation is 1. The van der Waals surface area contributed by atoms with Crippen molar-refractivity contribution in [3.05, 3.63) is 53.6 Å². The van der Waals surface area contributed by atoms with Gasteiger partial charge in [-0.3, -0.25) is 4.79 Å². The van der Waals surface area contributed by atoms with Crippen molar-refractivity contribution in [2.45, 2.75) is 43.6 Å². The summed E-state index contributed by atoms with van der Waals surface area (Å²) in [5, 5.41) is 11.9. The maximum absolute atomic E-state index is 13.0. The Kier molecular flexibility index (Phi) is 7.51. The molecule has 2 saturated heterocycles. The number of carbonyl (C=O) groups is 1. The maximum Gasteiger partial charge on any atom is 0.243 e. The summed E-state index contributed by atoms with van der Waals surface area (Å²) in [6.45, 7) is 3.69. The van der Waals surface area contributed by atoms with Crippen molar-refractivity contribution in [2.75, 3.05) is 31.6 Å². The SMILES string of the molecule is Cc1ccc(NC(=O)C2CCN(S(=O)(=O)c3ccc(C#N)cc3)CC2)c(OCC2CCCO2)c1. The molecule has 2 heterocycles. The molecule has 0 aliphatic carbocycles. The minimum atomic E-state index is -3.66. The van der Waals surface area contributed by atoms with Crippen LogP contribution in [0.15, 0.2) is 47.4 Å². The molecule has 0 spiro atoms. The Morgan fingerprint density at radius 1 is 1.18 bits per heavy atom. The smallest absolute Gasteiger partial charge is 0.243 e. The molecule has 2 aromatic rings. The summed E-state index contributed by atoms with van der Waals surface area (Å²) in [5.74, 6) is 0.186. The van der Waals surface area contributed by atoms with E-state index in [0.717, 1.165) is 25.0 Å². The molecule has 1 atom stereocenters. The number of amides is 1. The van der Waals surface area contributed by atoms with Gasteiger partial charge in [-0.05, 0) is 74.6 Å². The zero-order valence-corrected chi connectivity index (χ0v) is 20.0. The standard InChI is InChI=1S/C25H29N3O5S/c1-18-4-9-23(24(15-18)33-17-21-3-2-14-32-21)27-25(29)20-10-12-28(13-11-20)34(30,31)22-7-5-19(16-26)6-8-22/h4-9,15,20-21H,2-3,10-14,17H2,1H3,(H,27,29). The van der Waals surface area contributed by atoms with Gasteiger partial charge in [0.1, 0.15) is 12.4 Å². The molecule has 4 rings (SSSR count). The fraction of sp³-hybridized carbons (Fsp3) is 0.440. The van der Waals surface area contributed by atoms with E-state index in [0.29, 0.717) is 36.4 Å². The summed E-state index contributed by atoms with van der Waals surface area (Å²) in [4.78, 5) is 13.1. The van der Waals surface area contributed by atoms with Crippen molar-refractivity contribution < 1.29 is 22.7 Å². The topological polar surface area (TPSA) is 109 Å². The number of nitriles is 1.